The summed E-state index contributed by atoms with van der Waals surface area (Å²) in [5, 5.41) is 4.65. The Balaban J connectivity index is 1.17. The van der Waals surface area contributed by atoms with Gasteiger partial charge in [0.2, 0.25) is 0 Å². The van der Waals surface area contributed by atoms with Crippen molar-refractivity contribution in [1.82, 2.24) is 0 Å². The van der Waals surface area contributed by atoms with Gasteiger partial charge in [-0.1, -0.05) is 165 Å². The largest absolute Gasteiger partial charge is 0.456 e. The molecule has 0 bridgehead atoms. The second kappa shape index (κ2) is 11.9. The molecule has 0 saturated heterocycles. The van der Waals surface area contributed by atoms with Crippen LogP contribution >= 0.6 is 11.8 Å². The number of hydrogen-bond acceptors (Lipinski definition) is 3. The number of anilines is 3. The first kappa shape index (κ1) is 33.2. The number of benzene rings is 9. The Hall–Kier alpha value is -6.81. The van der Waals surface area contributed by atoms with E-state index in [4.69, 9.17) is 4.42 Å². The zero-order valence-electron chi connectivity index (χ0n) is 32.7. The van der Waals surface area contributed by atoms with Gasteiger partial charge in [0.05, 0.1) is 22.2 Å². The van der Waals surface area contributed by atoms with Crippen LogP contribution in [0.25, 0.3) is 55.0 Å². The summed E-state index contributed by atoms with van der Waals surface area (Å²) >= 11 is 1.89. The first-order valence-electron chi connectivity index (χ1n) is 20.5. The molecule has 2 aliphatic carbocycles. The lowest BCUT2D eigenvalue weighted by atomic mass is 9.67. The van der Waals surface area contributed by atoms with Crippen molar-refractivity contribution >= 4 is 61.5 Å². The smallest absolute Gasteiger partial charge is 0.137 e. The normalized spacial score (nSPS) is 14.8. The van der Waals surface area contributed by atoms with E-state index in [1.165, 1.54) is 76.2 Å². The molecule has 1 aliphatic heterocycles. The first-order valence-corrected chi connectivity index (χ1v) is 21.3. The lowest BCUT2D eigenvalue weighted by molar-refractivity contribution is 0.660. The highest BCUT2D eigenvalue weighted by Gasteiger charge is 2.50. The fraction of sp³-hybridized carbons (Fsp3) is 0.0714. The van der Waals surface area contributed by atoms with Gasteiger partial charge in [-0.15, -0.1) is 0 Å². The highest BCUT2D eigenvalue weighted by atomic mass is 32.2. The quantitative estimate of drug-likeness (QED) is 0.178. The van der Waals surface area contributed by atoms with Crippen molar-refractivity contribution < 1.29 is 4.42 Å². The molecule has 278 valence electrons. The van der Waals surface area contributed by atoms with Gasteiger partial charge < -0.3 is 9.32 Å². The molecule has 3 aliphatic rings. The summed E-state index contributed by atoms with van der Waals surface area (Å²) in [7, 11) is 0. The van der Waals surface area contributed by atoms with Gasteiger partial charge >= 0.3 is 0 Å². The van der Waals surface area contributed by atoms with E-state index in [1.54, 1.807) is 0 Å². The molecule has 0 amide bonds. The van der Waals surface area contributed by atoms with Gasteiger partial charge in [-0.2, -0.15) is 0 Å². The molecule has 3 heteroatoms. The SMILES string of the molecule is CC1(C)c2ccccc2-c2c(N(c3ccc4c(c3)C3(c5ccccc5S4)c4ccccc4-c4ccccc43)c3cccc4oc5ccc6ccccc6c5c34)cccc21. The molecule has 0 atom stereocenters. The van der Waals surface area contributed by atoms with Crippen LogP contribution in [-0.2, 0) is 10.8 Å². The van der Waals surface area contributed by atoms with E-state index in [-0.39, 0.29) is 5.41 Å². The average Bonchev–Trinajstić information content (AvgIpc) is 3.89. The number of fused-ring (bicyclic) bond motifs is 17. The van der Waals surface area contributed by atoms with Crippen molar-refractivity contribution in [2.75, 3.05) is 4.90 Å². The Morgan fingerprint density at radius 1 is 0.441 bits per heavy atom. The summed E-state index contributed by atoms with van der Waals surface area (Å²) in [6.45, 7) is 4.74. The van der Waals surface area contributed by atoms with Crippen LogP contribution in [0.15, 0.2) is 202 Å². The predicted octanol–water partition coefficient (Wildman–Crippen LogP) is 15.3. The average molecular weight is 772 g/mol. The van der Waals surface area contributed by atoms with Crippen molar-refractivity contribution in [3.63, 3.8) is 0 Å². The van der Waals surface area contributed by atoms with Gasteiger partial charge in [-0.3, -0.25) is 0 Å². The lowest BCUT2D eigenvalue weighted by Crippen LogP contribution is -2.32. The fourth-order valence-corrected chi connectivity index (χ4v) is 12.2. The minimum absolute atomic E-state index is 0.157. The van der Waals surface area contributed by atoms with Gasteiger partial charge in [-0.05, 0) is 109 Å². The van der Waals surface area contributed by atoms with Crippen LogP contribution in [0.3, 0.4) is 0 Å². The van der Waals surface area contributed by atoms with Crippen LogP contribution in [0.5, 0.6) is 0 Å². The van der Waals surface area contributed by atoms with Gasteiger partial charge in [0.15, 0.2) is 0 Å². The molecule has 1 aromatic heterocycles. The summed E-state index contributed by atoms with van der Waals surface area (Å²) in [4.78, 5) is 5.13. The van der Waals surface area contributed by atoms with E-state index >= 15 is 0 Å². The van der Waals surface area contributed by atoms with Crippen molar-refractivity contribution in [2.45, 2.75) is 34.5 Å². The molecule has 9 aromatic carbocycles. The Labute approximate surface area is 347 Å². The van der Waals surface area contributed by atoms with Gasteiger partial charge in [0, 0.05) is 31.8 Å². The van der Waals surface area contributed by atoms with E-state index in [0.29, 0.717) is 0 Å². The summed E-state index contributed by atoms with van der Waals surface area (Å²) in [5.74, 6) is 0. The molecule has 0 N–H and O–H groups in total. The molecule has 10 aromatic rings. The van der Waals surface area contributed by atoms with Crippen LogP contribution in [0, 0.1) is 0 Å². The molecule has 0 radical (unpaired) electrons. The molecule has 0 saturated carbocycles. The Bertz CT molecular complexity index is 3380. The van der Waals surface area contributed by atoms with Crippen molar-refractivity contribution in [1.29, 1.82) is 0 Å². The minimum Gasteiger partial charge on any atom is -0.456 e. The summed E-state index contributed by atoms with van der Waals surface area (Å²) in [5.41, 5.74) is 17.7. The zero-order chi connectivity index (χ0) is 39.0. The van der Waals surface area contributed by atoms with Crippen molar-refractivity contribution in [2.24, 2.45) is 0 Å². The predicted molar refractivity (Wildman–Crippen MR) is 245 cm³/mol. The Kier molecular flexibility index (Phi) is 6.68. The van der Waals surface area contributed by atoms with Crippen molar-refractivity contribution in [3.05, 3.63) is 221 Å². The third kappa shape index (κ3) is 4.28. The van der Waals surface area contributed by atoms with Crippen LogP contribution in [-0.4, -0.2) is 0 Å². The molecule has 0 unspecified atom stereocenters. The summed E-state index contributed by atoms with van der Waals surface area (Å²) < 4.78 is 6.76. The maximum Gasteiger partial charge on any atom is 0.137 e. The maximum absolute atomic E-state index is 6.76. The Morgan fingerprint density at radius 3 is 1.86 bits per heavy atom. The monoisotopic (exact) mass is 771 g/mol. The zero-order valence-corrected chi connectivity index (χ0v) is 33.5. The standard InChI is InChI=1S/C56H37NOS/c1-55(2)40-20-8-7-19-39(40)52-44(55)24-13-25-46(52)57(47-26-14-27-48-54(47)53-36-16-4-3-15-34(36)29-31-49(53)58-48)35-30-32-51-45(33-35)56(43-23-11-12-28-50(43)59-51)41-21-9-5-17-37(41)38-18-6-10-22-42(38)56/h3-33H,1-2H3. The third-order valence-electron chi connectivity index (χ3n) is 13.5. The maximum atomic E-state index is 6.76. The van der Waals surface area contributed by atoms with E-state index in [2.05, 4.69) is 207 Å². The molecule has 59 heavy (non-hydrogen) atoms. The molecular formula is C56H37NOS. The van der Waals surface area contributed by atoms with E-state index in [1.807, 2.05) is 11.8 Å². The van der Waals surface area contributed by atoms with Gasteiger partial charge in [0.25, 0.3) is 0 Å². The molecule has 13 rings (SSSR count). The first-order chi connectivity index (χ1) is 29.0. The molecule has 0 fully saturated rings. The van der Waals surface area contributed by atoms with E-state index in [0.717, 1.165) is 39.0 Å². The Morgan fingerprint density at radius 2 is 1.05 bits per heavy atom. The van der Waals surface area contributed by atoms with Crippen LogP contribution in [0.1, 0.15) is 47.2 Å². The van der Waals surface area contributed by atoms with Crippen LogP contribution < -0.4 is 4.90 Å². The number of nitrogens with zero attached hydrogens (tertiary/aromatic N) is 1. The fourth-order valence-electron chi connectivity index (χ4n) is 11.1. The molecule has 1 spiro atoms. The van der Waals surface area contributed by atoms with Crippen LogP contribution in [0.4, 0.5) is 17.1 Å². The van der Waals surface area contributed by atoms with Gasteiger partial charge in [-0.25, -0.2) is 0 Å². The van der Waals surface area contributed by atoms with Crippen LogP contribution in [0.2, 0.25) is 0 Å². The highest BCUT2D eigenvalue weighted by Crippen LogP contribution is 2.63. The van der Waals surface area contributed by atoms with E-state index < -0.39 is 5.41 Å². The van der Waals surface area contributed by atoms with Crippen molar-refractivity contribution in [3.8, 4) is 22.3 Å². The summed E-state index contributed by atoms with van der Waals surface area (Å²) in [6, 6.07) is 70.0. The number of rotatable bonds is 3. The highest BCUT2D eigenvalue weighted by molar-refractivity contribution is 7.99. The minimum atomic E-state index is -0.496. The third-order valence-corrected chi connectivity index (χ3v) is 14.7. The molecular weight excluding hydrogens is 735 g/mol. The van der Waals surface area contributed by atoms with Gasteiger partial charge in [0.1, 0.15) is 11.2 Å². The molecule has 2 nitrogen and oxygen atoms in total. The van der Waals surface area contributed by atoms with E-state index in [9.17, 15) is 0 Å². The number of hydrogen-bond donors (Lipinski definition) is 0. The topological polar surface area (TPSA) is 16.4 Å². The molecule has 2 heterocycles. The summed E-state index contributed by atoms with van der Waals surface area (Å²) in [6.07, 6.45) is 0. The lowest BCUT2D eigenvalue weighted by Gasteiger charge is -2.40. The second-order valence-corrected chi connectivity index (χ2v) is 17.8. The second-order valence-electron chi connectivity index (χ2n) is 16.7. The number of furan rings is 1.